The third-order valence-electron chi connectivity index (χ3n) is 1.81. The van der Waals surface area contributed by atoms with Crippen molar-refractivity contribution >= 4 is 83.3 Å². The fourth-order valence-electron chi connectivity index (χ4n) is 1.14. The van der Waals surface area contributed by atoms with Crippen molar-refractivity contribution in [3.8, 4) is 5.75 Å². The molecule has 0 aliphatic carbocycles. The second-order valence-corrected chi connectivity index (χ2v) is 4.76. The predicted molar refractivity (Wildman–Crippen MR) is 78.3 cm³/mol. The zero-order chi connectivity index (χ0) is 12.9. The molecule has 0 atom stereocenters. The normalized spacial score (nSPS) is 9.72. The summed E-state index contributed by atoms with van der Waals surface area (Å²) in [6.45, 7) is 6.12. The van der Waals surface area contributed by atoms with E-state index < -0.39 is 7.82 Å². The van der Waals surface area contributed by atoms with Crippen LogP contribution in [0.4, 0.5) is 0 Å². The minimum absolute atomic E-state index is 0. The van der Waals surface area contributed by atoms with E-state index in [0.29, 0.717) is 11.7 Å². The second kappa shape index (κ2) is 11.3. The van der Waals surface area contributed by atoms with Crippen molar-refractivity contribution < 1.29 is 24.4 Å². The van der Waals surface area contributed by atoms with Crippen LogP contribution in [0.1, 0.15) is 30.9 Å². The Kier molecular flexibility index (Phi) is 15.5. The van der Waals surface area contributed by atoms with Crippen LogP contribution < -0.4 is 0 Å². The molecule has 1 rings (SSSR count). The summed E-state index contributed by atoms with van der Waals surface area (Å²) in [5.41, 5.74) is 2.13. The quantitative estimate of drug-likeness (QED) is 0.431. The SMILES string of the molecule is Cc1ccc(C(C)C)c(O)c1.O=P(O)(O)O.[CaH2].[CaH2]. The number of phenols is 1. The molecule has 0 unspecified atom stereocenters. The van der Waals surface area contributed by atoms with Crippen LogP contribution >= 0.6 is 7.82 Å². The van der Waals surface area contributed by atoms with Crippen molar-refractivity contribution in [2.75, 3.05) is 0 Å². The zero-order valence-electron chi connectivity index (χ0n) is 9.45. The fraction of sp³-hybridized carbons (Fsp3) is 0.400. The number of rotatable bonds is 1. The van der Waals surface area contributed by atoms with Gasteiger partial charge in [-0.3, -0.25) is 0 Å². The van der Waals surface area contributed by atoms with E-state index in [2.05, 4.69) is 13.8 Å². The van der Waals surface area contributed by atoms with E-state index in [4.69, 9.17) is 19.2 Å². The number of phenolic OH excluding ortho intramolecular Hbond substituents is 1. The Morgan fingerprint density at radius 3 is 1.78 bits per heavy atom. The monoisotopic (exact) mass is 332 g/mol. The van der Waals surface area contributed by atoms with Crippen LogP contribution in [0.3, 0.4) is 0 Å². The molecule has 1 aromatic rings. The Morgan fingerprint density at radius 2 is 1.50 bits per heavy atom. The Balaban J connectivity index is -0.000000282. The fourth-order valence-corrected chi connectivity index (χ4v) is 1.14. The first-order valence-corrected chi connectivity index (χ1v) is 6.25. The number of aryl methyl sites for hydroxylation is 1. The predicted octanol–water partition coefficient (Wildman–Crippen LogP) is 0.0630. The average Bonchev–Trinajstić information content (AvgIpc) is 1.99. The molecule has 0 aromatic heterocycles. The molecular formula is C10H21Ca2O5P. The Labute approximate surface area is 167 Å². The first-order valence-electron chi connectivity index (χ1n) is 4.69. The molecule has 0 saturated carbocycles. The van der Waals surface area contributed by atoms with Crippen molar-refractivity contribution in [3.05, 3.63) is 29.3 Å². The molecule has 8 heteroatoms. The van der Waals surface area contributed by atoms with Gasteiger partial charge in [0.2, 0.25) is 0 Å². The van der Waals surface area contributed by atoms with Crippen molar-refractivity contribution in [2.45, 2.75) is 26.7 Å². The molecule has 0 heterocycles. The van der Waals surface area contributed by atoms with Crippen LogP contribution in [-0.4, -0.2) is 95.3 Å². The number of phosphoric acid groups is 1. The Bertz CT molecular complexity index is 384. The van der Waals surface area contributed by atoms with Crippen LogP contribution in [0.15, 0.2) is 18.2 Å². The molecule has 4 N–H and O–H groups in total. The van der Waals surface area contributed by atoms with Gasteiger partial charge >= 0.3 is 83.3 Å². The van der Waals surface area contributed by atoms with E-state index in [1.54, 1.807) is 6.07 Å². The van der Waals surface area contributed by atoms with Crippen LogP contribution in [0, 0.1) is 6.92 Å². The summed E-state index contributed by atoms with van der Waals surface area (Å²) >= 11 is 0. The van der Waals surface area contributed by atoms with E-state index in [0.717, 1.165) is 11.1 Å². The van der Waals surface area contributed by atoms with Crippen molar-refractivity contribution in [1.82, 2.24) is 0 Å². The van der Waals surface area contributed by atoms with Gasteiger partial charge in [0.05, 0.1) is 0 Å². The minimum atomic E-state index is -4.64. The molecule has 0 saturated heterocycles. The van der Waals surface area contributed by atoms with Gasteiger partial charge in [-0.15, -0.1) is 0 Å². The summed E-state index contributed by atoms with van der Waals surface area (Å²) in [4.78, 5) is 21.6. The van der Waals surface area contributed by atoms with Gasteiger partial charge in [0, 0.05) is 0 Å². The molecule has 18 heavy (non-hydrogen) atoms. The molecule has 0 bridgehead atoms. The van der Waals surface area contributed by atoms with E-state index >= 15 is 0 Å². The van der Waals surface area contributed by atoms with Gasteiger partial charge in [-0.2, -0.15) is 0 Å². The molecular weight excluding hydrogens is 311 g/mol. The van der Waals surface area contributed by atoms with Crippen LogP contribution in [0.25, 0.3) is 0 Å². The average molecular weight is 332 g/mol. The van der Waals surface area contributed by atoms with E-state index in [-0.39, 0.29) is 75.5 Å². The van der Waals surface area contributed by atoms with Crippen LogP contribution in [0.5, 0.6) is 5.75 Å². The summed E-state index contributed by atoms with van der Waals surface area (Å²) in [5, 5.41) is 9.46. The summed E-state index contributed by atoms with van der Waals surface area (Å²) < 4.78 is 8.88. The van der Waals surface area contributed by atoms with Crippen molar-refractivity contribution in [2.24, 2.45) is 0 Å². The first-order chi connectivity index (χ1) is 7.11. The van der Waals surface area contributed by atoms with Crippen molar-refractivity contribution in [1.29, 1.82) is 0 Å². The Morgan fingerprint density at radius 1 is 1.11 bits per heavy atom. The van der Waals surface area contributed by atoms with Crippen LogP contribution in [0.2, 0.25) is 0 Å². The van der Waals surface area contributed by atoms with Gasteiger partial charge in [0.25, 0.3) is 0 Å². The van der Waals surface area contributed by atoms with Gasteiger partial charge in [-0.25, -0.2) is 4.57 Å². The summed E-state index contributed by atoms with van der Waals surface area (Å²) in [5.74, 6) is 0.815. The molecule has 0 radical (unpaired) electrons. The van der Waals surface area contributed by atoms with Gasteiger partial charge in [0.15, 0.2) is 0 Å². The molecule has 5 nitrogen and oxygen atoms in total. The van der Waals surface area contributed by atoms with Gasteiger partial charge in [-0.1, -0.05) is 26.0 Å². The summed E-state index contributed by atoms with van der Waals surface area (Å²) in [6.07, 6.45) is 0. The first kappa shape index (κ1) is 24.7. The van der Waals surface area contributed by atoms with E-state index in [1.807, 2.05) is 19.1 Å². The number of benzene rings is 1. The van der Waals surface area contributed by atoms with Gasteiger partial charge in [0.1, 0.15) is 5.75 Å². The van der Waals surface area contributed by atoms with E-state index in [9.17, 15) is 5.11 Å². The molecule has 0 aliphatic rings. The van der Waals surface area contributed by atoms with Crippen LogP contribution in [-0.2, 0) is 4.57 Å². The standard InChI is InChI=1S/C10H14O.2Ca.H3O4P.4H/c1-7(2)9-5-4-8(3)6-10(9)11;;;1-5(2,3)4;;;;/h4-7,11H,1-3H3;;;(H3,1,2,3,4);;;;. The van der Waals surface area contributed by atoms with Gasteiger partial charge < -0.3 is 19.8 Å². The maximum atomic E-state index is 9.46. The Hall–Kier alpha value is 1.65. The van der Waals surface area contributed by atoms with E-state index in [1.165, 1.54) is 0 Å². The number of hydrogen-bond donors (Lipinski definition) is 4. The second-order valence-electron chi connectivity index (χ2n) is 3.73. The maximum absolute atomic E-state index is 9.46. The molecule has 0 spiro atoms. The number of aromatic hydroxyl groups is 1. The number of hydrogen-bond acceptors (Lipinski definition) is 2. The third kappa shape index (κ3) is 14.1. The molecule has 0 fully saturated rings. The van der Waals surface area contributed by atoms with Gasteiger partial charge in [-0.05, 0) is 30.0 Å². The third-order valence-corrected chi connectivity index (χ3v) is 1.81. The molecule has 100 valence electrons. The molecule has 1 aromatic carbocycles. The molecule has 0 amide bonds. The van der Waals surface area contributed by atoms with Crippen molar-refractivity contribution in [3.63, 3.8) is 0 Å². The topological polar surface area (TPSA) is 98.0 Å². The molecule has 0 aliphatic heterocycles. The summed E-state index contributed by atoms with van der Waals surface area (Å²) in [6, 6.07) is 5.81. The zero-order valence-corrected chi connectivity index (χ0v) is 10.3. The summed E-state index contributed by atoms with van der Waals surface area (Å²) in [7, 11) is -4.64.